The van der Waals surface area contributed by atoms with Gasteiger partial charge in [0.15, 0.2) is 9.84 Å². The topological polar surface area (TPSA) is 85.4 Å². The van der Waals surface area contributed by atoms with Gasteiger partial charge in [0.25, 0.3) is 0 Å². The van der Waals surface area contributed by atoms with Crippen molar-refractivity contribution in [1.29, 1.82) is 0 Å². The van der Waals surface area contributed by atoms with E-state index in [1.165, 1.54) is 18.3 Å². The third kappa shape index (κ3) is 4.32. The van der Waals surface area contributed by atoms with Gasteiger partial charge in [0.2, 0.25) is 5.91 Å². The summed E-state index contributed by atoms with van der Waals surface area (Å²) >= 11 is 5.93. The zero-order valence-electron chi connectivity index (χ0n) is 16.7. The van der Waals surface area contributed by atoms with E-state index in [1.807, 2.05) is 20.8 Å². The molecule has 0 radical (unpaired) electrons. The van der Waals surface area contributed by atoms with Crippen LogP contribution in [0.15, 0.2) is 47.5 Å². The minimum Gasteiger partial charge on any atom is -0.381 e. The lowest BCUT2D eigenvalue weighted by Gasteiger charge is -2.37. The Morgan fingerprint density at radius 1 is 1.10 bits per heavy atom. The molecule has 29 heavy (non-hydrogen) atoms. The summed E-state index contributed by atoms with van der Waals surface area (Å²) in [4.78, 5) is 16.7. The summed E-state index contributed by atoms with van der Waals surface area (Å²) in [5, 5.41) is 3.24. The number of anilines is 1. The fraction of sp³-hybridized carbons (Fsp3) is 0.429. The normalized spacial score (nSPS) is 17.0. The van der Waals surface area contributed by atoms with Crippen LogP contribution in [0.1, 0.15) is 39.2 Å². The summed E-state index contributed by atoms with van der Waals surface area (Å²) in [6, 6.07) is 9.58. The number of rotatable bonds is 4. The highest BCUT2D eigenvalue weighted by Gasteiger charge is 2.47. The maximum absolute atomic E-state index is 13.6. The molecule has 1 saturated heterocycles. The third-order valence-electron chi connectivity index (χ3n) is 5.15. The van der Waals surface area contributed by atoms with E-state index in [-0.39, 0.29) is 10.8 Å². The molecule has 156 valence electrons. The van der Waals surface area contributed by atoms with Crippen LogP contribution in [-0.4, -0.2) is 32.5 Å². The fourth-order valence-electron chi connectivity index (χ4n) is 3.29. The number of carbonyl (C=O) groups excluding carboxylic acids is 1. The summed E-state index contributed by atoms with van der Waals surface area (Å²) in [5.41, 5.74) is 0.0322. The summed E-state index contributed by atoms with van der Waals surface area (Å²) in [6.07, 6.45) is 2.19. The van der Waals surface area contributed by atoms with Gasteiger partial charge in [-0.3, -0.25) is 4.79 Å². The van der Waals surface area contributed by atoms with Crippen molar-refractivity contribution in [2.45, 2.75) is 43.3 Å². The molecular weight excluding hydrogens is 412 g/mol. The highest BCUT2D eigenvalue weighted by molar-refractivity contribution is 7.92. The molecule has 0 saturated carbocycles. The van der Waals surface area contributed by atoms with Crippen LogP contribution < -0.4 is 5.32 Å². The monoisotopic (exact) mass is 436 g/mol. The van der Waals surface area contributed by atoms with E-state index in [2.05, 4.69) is 10.3 Å². The number of sulfone groups is 1. The molecule has 1 aromatic carbocycles. The number of nitrogens with zero attached hydrogens (tertiary/aromatic N) is 1. The van der Waals surface area contributed by atoms with Crippen LogP contribution in [0.2, 0.25) is 5.02 Å². The van der Waals surface area contributed by atoms with Crippen molar-refractivity contribution in [3.05, 3.63) is 53.2 Å². The Hall–Kier alpha value is -1.96. The van der Waals surface area contributed by atoms with E-state index in [0.717, 1.165) is 0 Å². The van der Waals surface area contributed by atoms with E-state index >= 15 is 0 Å². The average Bonchev–Trinajstić information content (AvgIpc) is 2.68. The van der Waals surface area contributed by atoms with Gasteiger partial charge < -0.3 is 10.1 Å². The maximum Gasteiger partial charge on any atom is 0.230 e. The number of carbonyl (C=O) groups is 1. The molecule has 1 amide bonds. The largest absolute Gasteiger partial charge is 0.381 e. The zero-order valence-corrected chi connectivity index (χ0v) is 18.3. The quantitative estimate of drug-likeness (QED) is 0.776. The van der Waals surface area contributed by atoms with Crippen molar-refractivity contribution in [2.75, 3.05) is 18.5 Å². The minimum absolute atomic E-state index is 0.160. The lowest BCUT2D eigenvalue weighted by Crippen LogP contribution is -2.41. The molecule has 0 bridgehead atoms. The van der Waals surface area contributed by atoms with Gasteiger partial charge in [-0.05, 0) is 48.7 Å². The number of halogens is 1. The van der Waals surface area contributed by atoms with E-state index in [4.69, 9.17) is 16.3 Å². The summed E-state index contributed by atoms with van der Waals surface area (Å²) < 4.78 is 31.5. The second-order valence-electron chi connectivity index (χ2n) is 8.20. The second-order valence-corrected chi connectivity index (χ2v) is 10.9. The minimum atomic E-state index is -3.72. The van der Waals surface area contributed by atoms with Gasteiger partial charge >= 0.3 is 0 Å². The smallest absolute Gasteiger partial charge is 0.230 e. The van der Waals surface area contributed by atoms with Gasteiger partial charge in [0.05, 0.1) is 4.90 Å². The molecule has 1 aliphatic heterocycles. The molecular formula is C21H25ClN2O4S. The number of pyridine rings is 1. The second kappa shape index (κ2) is 8.05. The lowest BCUT2D eigenvalue weighted by atomic mass is 9.91. The molecule has 2 heterocycles. The number of hydrogen-bond donors (Lipinski definition) is 1. The molecule has 0 aliphatic carbocycles. The van der Waals surface area contributed by atoms with Gasteiger partial charge in [-0.1, -0.05) is 38.4 Å². The van der Waals surface area contributed by atoms with Crippen molar-refractivity contribution in [2.24, 2.45) is 5.41 Å². The lowest BCUT2D eigenvalue weighted by molar-refractivity contribution is -0.123. The molecule has 6 nitrogen and oxygen atoms in total. The Morgan fingerprint density at radius 3 is 2.24 bits per heavy atom. The Kier molecular flexibility index (Phi) is 6.03. The third-order valence-corrected chi connectivity index (χ3v) is 7.97. The number of nitrogens with one attached hydrogen (secondary N) is 1. The van der Waals surface area contributed by atoms with E-state index < -0.39 is 20.0 Å². The van der Waals surface area contributed by atoms with E-state index in [1.54, 1.807) is 24.3 Å². The van der Waals surface area contributed by atoms with E-state index in [0.29, 0.717) is 42.5 Å². The molecule has 1 fully saturated rings. The standard InChI is InChI=1S/C21H25ClN2O4S/c1-20(2,3)19(25)24-18-9-4-15(14-23-18)21(10-12-28-13-11-21)29(26,27)17-7-5-16(22)6-8-17/h4-9,14H,10-13H2,1-3H3,(H,23,24,25). The number of benzene rings is 1. The molecule has 0 atom stereocenters. The van der Waals surface area contributed by atoms with Crippen molar-refractivity contribution >= 4 is 33.2 Å². The molecule has 1 N–H and O–H groups in total. The van der Waals surface area contributed by atoms with Crippen LogP contribution in [0.3, 0.4) is 0 Å². The van der Waals surface area contributed by atoms with Crippen molar-refractivity contribution in [1.82, 2.24) is 4.98 Å². The molecule has 1 aliphatic rings. The predicted molar refractivity (Wildman–Crippen MR) is 113 cm³/mol. The Morgan fingerprint density at radius 2 is 1.72 bits per heavy atom. The van der Waals surface area contributed by atoms with Crippen LogP contribution in [-0.2, 0) is 24.1 Å². The average molecular weight is 437 g/mol. The van der Waals surface area contributed by atoms with Gasteiger partial charge in [-0.2, -0.15) is 0 Å². The predicted octanol–water partition coefficient (Wildman–Crippen LogP) is 4.20. The van der Waals surface area contributed by atoms with Gasteiger partial charge in [-0.25, -0.2) is 13.4 Å². The first-order valence-electron chi connectivity index (χ1n) is 9.42. The van der Waals surface area contributed by atoms with Crippen molar-refractivity contribution in [3.8, 4) is 0 Å². The summed E-state index contributed by atoms with van der Waals surface area (Å²) in [7, 11) is -3.72. The summed E-state index contributed by atoms with van der Waals surface area (Å²) in [6.45, 7) is 6.12. The van der Waals surface area contributed by atoms with Crippen LogP contribution in [0.4, 0.5) is 5.82 Å². The van der Waals surface area contributed by atoms with Crippen molar-refractivity contribution < 1.29 is 17.9 Å². The number of amides is 1. The Bertz CT molecular complexity index is 975. The Labute approximate surface area is 176 Å². The molecule has 8 heteroatoms. The SMILES string of the molecule is CC(C)(C)C(=O)Nc1ccc(C2(S(=O)(=O)c3ccc(Cl)cc3)CCOCC2)cn1. The first-order chi connectivity index (χ1) is 13.6. The van der Waals surface area contributed by atoms with Gasteiger partial charge in [0, 0.05) is 29.8 Å². The molecule has 0 spiro atoms. The maximum atomic E-state index is 13.6. The fourth-order valence-corrected chi connectivity index (χ4v) is 5.50. The molecule has 3 rings (SSSR count). The van der Waals surface area contributed by atoms with Crippen LogP contribution in [0.5, 0.6) is 0 Å². The van der Waals surface area contributed by atoms with Crippen LogP contribution in [0, 0.1) is 5.41 Å². The molecule has 0 unspecified atom stereocenters. The van der Waals surface area contributed by atoms with Gasteiger partial charge in [-0.15, -0.1) is 0 Å². The summed E-state index contributed by atoms with van der Waals surface area (Å²) in [5.74, 6) is 0.229. The Balaban J connectivity index is 1.99. The number of hydrogen-bond acceptors (Lipinski definition) is 5. The highest BCUT2D eigenvalue weighted by atomic mass is 35.5. The first kappa shape index (κ1) is 21.7. The molecule has 2 aromatic rings. The van der Waals surface area contributed by atoms with Crippen LogP contribution in [0.25, 0.3) is 0 Å². The highest BCUT2D eigenvalue weighted by Crippen LogP contribution is 2.43. The van der Waals surface area contributed by atoms with Crippen LogP contribution >= 0.6 is 11.6 Å². The van der Waals surface area contributed by atoms with E-state index in [9.17, 15) is 13.2 Å². The van der Waals surface area contributed by atoms with Gasteiger partial charge in [0.1, 0.15) is 10.6 Å². The van der Waals surface area contributed by atoms with Crippen molar-refractivity contribution in [3.63, 3.8) is 0 Å². The molecule has 1 aromatic heterocycles. The first-order valence-corrected chi connectivity index (χ1v) is 11.3. The number of ether oxygens (including phenoxy) is 1. The number of aromatic nitrogens is 1. The zero-order chi connectivity index (χ0) is 21.3.